The van der Waals surface area contributed by atoms with Crippen molar-refractivity contribution in [2.45, 2.75) is 18.6 Å². The highest BCUT2D eigenvalue weighted by atomic mass is 16.5. The lowest BCUT2D eigenvalue weighted by atomic mass is 9.94. The fourth-order valence-electron chi connectivity index (χ4n) is 2.38. The Hall–Kier alpha value is -2.07. The molecular formula is C15H16N2O2. The van der Waals surface area contributed by atoms with Crippen molar-refractivity contribution in [2.75, 3.05) is 7.11 Å². The minimum atomic E-state index is -0.0525. The predicted octanol–water partition coefficient (Wildman–Crippen LogP) is 2.61. The maximum absolute atomic E-state index is 6.22. The van der Waals surface area contributed by atoms with E-state index in [1.165, 1.54) is 0 Å². The molecule has 0 unspecified atom stereocenters. The van der Waals surface area contributed by atoms with Crippen LogP contribution in [0.5, 0.6) is 11.5 Å². The molecule has 2 N–H and O–H groups in total. The highest BCUT2D eigenvalue weighted by molar-refractivity contribution is 5.44. The lowest BCUT2D eigenvalue weighted by Crippen LogP contribution is -2.24. The Kier molecular flexibility index (Phi) is 3.09. The van der Waals surface area contributed by atoms with Crippen LogP contribution >= 0.6 is 0 Å². The summed E-state index contributed by atoms with van der Waals surface area (Å²) in [7, 11) is 1.64. The third kappa shape index (κ3) is 2.27. The van der Waals surface area contributed by atoms with Crippen LogP contribution in [0.4, 0.5) is 0 Å². The van der Waals surface area contributed by atoms with Crippen LogP contribution in [0.3, 0.4) is 0 Å². The van der Waals surface area contributed by atoms with Gasteiger partial charge in [-0.1, -0.05) is 12.1 Å². The smallest absolute Gasteiger partial charge is 0.128 e. The van der Waals surface area contributed by atoms with Gasteiger partial charge in [-0.25, -0.2) is 0 Å². The molecule has 3 rings (SSSR count). The predicted molar refractivity (Wildman–Crippen MR) is 72.1 cm³/mol. The molecule has 4 heteroatoms. The maximum atomic E-state index is 6.22. The fraction of sp³-hybridized carbons (Fsp3) is 0.267. The van der Waals surface area contributed by atoms with Gasteiger partial charge in [0, 0.05) is 42.0 Å². The molecule has 4 nitrogen and oxygen atoms in total. The van der Waals surface area contributed by atoms with E-state index in [-0.39, 0.29) is 12.1 Å². The first kappa shape index (κ1) is 12.0. The van der Waals surface area contributed by atoms with Gasteiger partial charge in [-0.3, -0.25) is 4.98 Å². The zero-order chi connectivity index (χ0) is 13.2. The van der Waals surface area contributed by atoms with Gasteiger partial charge in [-0.05, 0) is 12.1 Å². The molecule has 2 aromatic rings. The molecule has 1 aliphatic heterocycles. The number of ether oxygens (including phenoxy) is 2. The monoisotopic (exact) mass is 256 g/mol. The summed E-state index contributed by atoms with van der Waals surface area (Å²) in [4.78, 5) is 4.13. The molecular weight excluding hydrogens is 240 g/mol. The van der Waals surface area contributed by atoms with E-state index in [4.69, 9.17) is 15.2 Å². The van der Waals surface area contributed by atoms with Crippen LogP contribution in [-0.4, -0.2) is 12.1 Å². The van der Waals surface area contributed by atoms with Crippen LogP contribution in [-0.2, 0) is 0 Å². The van der Waals surface area contributed by atoms with Gasteiger partial charge in [0.2, 0.25) is 0 Å². The summed E-state index contributed by atoms with van der Waals surface area (Å²) in [5.74, 6) is 1.57. The summed E-state index contributed by atoms with van der Waals surface area (Å²) in [5, 5.41) is 0. The van der Waals surface area contributed by atoms with Gasteiger partial charge in [-0.15, -0.1) is 0 Å². The summed E-state index contributed by atoms with van der Waals surface area (Å²) >= 11 is 0. The zero-order valence-corrected chi connectivity index (χ0v) is 10.7. The Morgan fingerprint density at radius 1 is 1.37 bits per heavy atom. The van der Waals surface area contributed by atoms with E-state index in [1.54, 1.807) is 13.3 Å². The normalized spacial score (nSPS) is 21.4. The first-order valence-electron chi connectivity index (χ1n) is 6.28. The van der Waals surface area contributed by atoms with Gasteiger partial charge >= 0.3 is 0 Å². The summed E-state index contributed by atoms with van der Waals surface area (Å²) in [6, 6.07) is 9.66. The second kappa shape index (κ2) is 4.90. The maximum Gasteiger partial charge on any atom is 0.128 e. The average Bonchev–Trinajstić information content (AvgIpc) is 2.47. The van der Waals surface area contributed by atoms with Gasteiger partial charge in [0.1, 0.15) is 17.6 Å². The number of nitrogens with two attached hydrogens (primary N) is 1. The van der Waals surface area contributed by atoms with Crippen molar-refractivity contribution < 1.29 is 9.47 Å². The van der Waals surface area contributed by atoms with Crippen LogP contribution < -0.4 is 15.2 Å². The molecule has 0 bridgehead atoms. The van der Waals surface area contributed by atoms with Crippen LogP contribution in [0.1, 0.15) is 29.7 Å². The number of nitrogens with zero attached hydrogens (tertiary/aromatic N) is 1. The Balaban J connectivity index is 1.94. The van der Waals surface area contributed by atoms with Crippen LogP contribution in [0.25, 0.3) is 0 Å². The third-order valence-corrected chi connectivity index (χ3v) is 3.41. The van der Waals surface area contributed by atoms with Crippen molar-refractivity contribution in [2.24, 2.45) is 5.73 Å². The Bertz CT molecular complexity index is 572. The molecule has 2 heterocycles. The number of benzene rings is 1. The van der Waals surface area contributed by atoms with Gasteiger partial charge in [0.25, 0.3) is 0 Å². The van der Waals surface area contributed by atoms with Crippen molar-refractivity contribution in [3.8, 4) is 11.5 Å². The zero-order valence-electron chi connectivity index (χ0n) is 10.7. The quantitative estimate of drug-likeness (QED) is 0.897. The lowest BCUT2D eigenvalue weighted by molar-refractivity contribution is 0.160. The average molecular weight is 256 g/mol. The molecule has 1 aliphatic rings. The number of hydrogen-bond donors (Lipinski definition) is 1. The SMILES string of the molecule is COc1ccc2c(c1)O[C@@H](c1cccnc1)C[C@@H]2N. The van der Waals surface area contributed by atoms with Gasteiger partial charge in [0.15, 0.2) is 0 Å². The van der Waals surface area contributed by atoms with Gasteiger partial charge < -0.3 is 15.2 Å². The first-order valence-corrected chi connectivity index (χ1v) is 6.28. The molecule has 98 valence electrons. The number of rotatable bonds is 2. The van der Waals surface area contributed by atoms with Crippen LogP contribution in [0, 0.1) is 0 Å². The molecule has 1 aromatic heterocycles. The topological polar surface area (TPSA) is 57.4 Å². The Morgan fingerprint density at radius 2 is 2.26 bits per heavy atom. The van der Waals surface area contributed by atoms with E-state index in [0.717, 1.165) is 29.0 Å². The highest BCUT2D eigenvalue weighted by Crippen LogP contribution is 2.40. The molecule has 1 aromatic carbocycles. The van der Waals surface area contributed by atoms with E-state index >= 15 is 0 Å². The number of methoxy groups -OCH3 is 1. The molecule has 2 atom stereocenters. The lowest BCUT2D eigenvalue weighted by Gasteiger charge is -2.30. The summed E-state index contributed by atoms with van der Waals surface area (Å²) in [6.45, 7) is 0. The van der Waals surface area contributed by atoms with Crippen molar-refractivity contribution in [3.05, 3.63) is 53.9 Å². The number of fused-ring (bicyclic) bond motifs is 1. The minimum Gasteiger partial charge on any atom is -0.497 e. The second-order valence-corrected chi connectivity index (χ2v) is 4.64. The van der Waals surface area contributed by atoms with E-state index in [9.17, 15) is 0 Å². The molecule has 0 fully saturated rings. The van der Waals surface area contributed by atoms with Crippen molar-refractivity contribution in [1.82, 2.24) is 4.98 Å². The molecule has 0 radical (unpaired) electrons. The van der Waals surface area contributed by atoms with Crippen LogP contribution in [0.2, 0.25) is 0 Å². The number of aromatic nitrogens is 1. The largest absolute Gasteiger partial charge is 0.497 e. The standard InChI is InChI=1S/C15H16N2O2/c1-18-11-4-5-12-13(16)8-14(19-15(12)7-11)10-3-2-6-17-9-10/h2-7,9,13-14H,8,16H2,1H3/t13-,14+/m0/s1. The first-order chi connectivity index (χ1) is 9.28. The number of hydrogen-bond acceptors (Lipinski definition) is 4. The summed E-state index contributed by atoms with van der Waals surface area (Å²) < 4.78 is 11.3. The van der Waals surface area contributed by atoms with Crippen LogP contribution in [0.15, 0.2) is 42.7 Å². The summed E-state index contributed by atoms with van der Waals surface area (Å²) in [5.41, 5.74) is 8.30. The van der Waals surface area contributed by atoms with Crippen molar-refractivity contribution >= 4 is 0 Å². The van der Waals surface area contributed by atoms with E-state index < -0.39 is 0 Å². The van der Waals surface area contributed by atoms with Crippen molar-refractivity contribution in [1.29, 1.82) is 0 Å². The molecule has 0 amide bonds. The van der Waals surface area contributed by atoms with E-state index in [1.807, 2.05) is 36.5 Å². The van der Waals surface area contributed by atoms with Gasteiger partial charge in [-0.2, -0.15) is 0 Å². The third-order valence-electron chi connectivity index (χ3n) is 3.41. The highest BCUT2D eigenvalue weighted by Gasteiger charge is 2.27. The second-order valence-electron chi connectivity index (χ2n) is 4.64. The molecule has 0 saturated carbocycles. The van der Waals surface area contributed by atoms with E-state index in [0.29, 0.717) is 0 Å². The van der Waals surface area contributed by atoms with Crippen molar-refractivity contribution in [3.63, 3.8) is 0 Å². The summed E-state index contributed by atoms with van der Waals surface area (Å²) in [6.07, 6.45) is 4.28. The molecule has 0 spiro atoms. The molecule has 19 heavy (non-hydrogen) atoms. The Morgan fingerprint density at radius 3 is 3.00 bits per heavy atom. The molecule has 0 aliphatic carbocycles. The Labute approximate surface area is 112 Å². The minimum absolute atomic E-state index is 0.0279. The molecule has 0 saturated heterocycles. The fourth-order valence-corrected chi connectivity index (χ4v) is 2.38. The number of pyridine rings is 1. The van der Waals surface area contributed by atoms with Gasteiger partial charge in [0.05, 0.1) is 7.11 Å². The van der Waals surface area contributed by atoms with E-state index in [2.05, 4.69) is 4.98 Å².